The van der Waals surface area contributed by atoms with Crippen LogP contribution >= 0.6 is 0 Å². The number of amides is 1. The van der Waals surface area contributed by atoms with E-state index in [9.17, 15) is 23.5 Å². The Kier molecular flexibility index (Phi) is 3.82. The normalized spacial score (nSPS) is 16.3. The predicted octanol–water partition coefficient (Wildman–Crippen LogP) is 2.72. The molecule has 0 radical (unpaired) electrons. The molecule has 0 aromatic heterocycles. The molecule has 0 saturated carbocycles. The molecule has 0 fully saturated rings. The number of hydrogen-bond acceptors (Lipinski definition) is 2. The standard InChI is InChI=1S/C17H13F2NO3/c18-13-5-3-6-14(19)11(13)8-16(21)20-9-12(17(22)23)10-4-1-2-7-15(10)20/h1-7,12H,8-9H2,(H,22,23)/t12-/m0/s1. The molecule has 3 rings (SSSR count). The Bertz CT molecular complexity index is 771. The molecule has 2 aromatic carbocycles. The number of carboxylic acids is 1. The SMILES string of the molecule is O=C(O)[C@H]1CN(C(=O)Cc2c(F)cccc2F)c2ccccc21. The molecule has 4 nitrogen and oxygen atoms in total. The maximum atomic E-state index is 13.7. The second-order valence-electron chi connectivity index (χ2n) is 5.33. The Morgan fingerprint density at radius 2 is 1.74 bits per heavy atom. The van der Waals surface area contributed by atoms with E-state index in [1.807, 2.05) is 0 Å². The number of hydrogen-bond donors (Lipinski definition) is 1. The number of benzene rings is 2. The van der Waals surface area contributed by atoms with Gasteiger partial charge in [0.25, 0.3) is 0 Å². The van der Waals surface area contributed by atoms with Crippen molar-refractivity contribution < 1.29 is 23.5 Å². The molecule has 1 aliphatic rings. The number of para-hydroxylation sites is 1. The van der Waals surface area contributed by atoms with Crippen molar-refractivity contribution in [3.8, 4) is 0 Å². The van der Waals surface area contributed by atoms with Crippen LogP contribution in [0.4, 0.5) is 14.5 Å². The van der Waals surface area contributed by atoms with Gasteiger partial charge >= 0.3 is 5.97 Å². The minimum absolute atomic E-state index is 0.0381. The third kappa shape index (κ3) is 2.67. The van der Waals surface area contributed by atoms with Gasteiger partial charge in [-0.25, -0.2) is 8.78 Å². The van der Waals surface area contributed by atoms with Crippen LogP contribution in [0.1, 0.15) is 17.0 Å². The lowest BCUT2D eigenvalue weighted by atomic mass is 10.0. The summed E-state index contributed by atoms with van der Waals surface area (Å²) in [5.74, 6) is -3.99. The van der Waals surface area contributed by atoms with Crippen LogP contribution in [0.3, 0.4) is 0 Å². The predicted molar refractivity (Wildman–Crippen MR) is 79.2 cm³/mol. The van der Waals surface area contributed by atoms with E-state index in [4.69, 9.17) is 0 Å². The fourth-order valence-electron chi connectivity index (χ4n) is 2.80. The summed E-state index contributed by atoms with van der Waals surface area (Å²) in [5.41, 5.74) is 0.692. The highest BCUT2D eigenvalue weighted by Gasteiger charge is 2.36. The van der Waals surface area contributed by atoms with Gasteiger partial charge in [-0.2, -0.15) is 0 Å². The summed E-state index contributed by atoms with van der Waals surface area (Å²) in [6.45, 7) is -0.0381. The van der Waals surface area contributed by atoms with Crippen molar-refractivity contribution in [3.63, 3.8) is 0 Å². The first-order chi connectivity index (χ1) is 11.0. The van der Waals surface area contributed by atoms with Gasteiger partial charge in [-0.1, -0.05) is 24.3 Å². The first kappa shape index (κ1) is 15.1. The highest BCUT2D eigenvalue weighted by Crippen LogP contribution is 2.36. The lowest BCUT2D eigenvalue weighted by Gasteiger charge is -2.18. The fraction of sp³-hybridized carbons (Fsp3) is 0.176. The van der Waals surface area contributed by atoms with Gasteiger partial charge in [0.05, 0.1) is 6.42 Å². The summed E-state index contributed by atoms with van der Waals surface area (Å²) in [6.07, 6.45) is -0.459. The molecule has 1 heterocycles. The van der Waals surface area contributed by atoms with Gasteiger partial charge in [-0.3, -0.25) is 9.59 Å². The second kappa shape index (κ2) is 5.79. The van der Waals surface area contributed by atoms with Crippen molar-refractivity contribution in [1.29, 1.82) is 0 Å². The van der Waals surface area contributed by atoms with Gasteiger partial charge in [0.15, 0.2) is 0 Å². The number of aliphatic carboxylic acids is 1. The van der Waals surface area contributed by atoms with E-state index in [-0.39, 0.29) is 12.1 Å². The van der Waals surface area contributed by atoms with Crippen LogP contribution in [-0.4, -0.2) is 23.5 Å². The number of carboxylic acid groups (broad SMARTS) is 1. The largest absolute Gasteiger partial charge is 0.481 e. The van der Waals surface area contributed by atoms with E-state index >= 15 is 0 Å². The number of carbonyl (C=O) groups is 2. The van der Waals surface area contributed by atoms with Crippen LogP contribution in [0.2, 0.25) is 0 Å². The zero-order valence-electron chi connectivity index (χ0n) is 12.0. The molecule has 0 aliphatic carbocycles. The van der Waals surface area contributed by atoms with E-state index in [1.165, 1.54) is 11.0 Å². The number of anilines is 1. The quantitative estimate of drug-likeness (QED) is 0.947. The zero-order chi connectivity index (χ0) is 16.6. The molecule has 1 N–H and O–H groups in total. The van der Waals surface area contributed by atoms with Gasteiger partial charge < -0.3 is 10.0 Å². The van der Waals surface area contributed by atoms with Crippen LogP contribution in [0.15, 0.2) is 42.5 Å². The lowest BCUT2D eigenvalue weighted by Crippen LogP contribution is -2.32. The molecule has 1 atom stereocenters. The Labute approximate surface area is 131 Å². The zero-order valence-corrected chi connectivity index (χ0v) is 12.0. The third-order valence-corrected chi connectivity index (χ3v) is 3.96. The van der Waals surface area contributed by atoms with Gasteiger partial charge in [0, 0.05) is 17.8 Å². The Morgan fingerprint density at radius 3 is 2.39 bits per heavy atom. The number of halogens is 2. The monoisotopic (exact) mass is 317 g/mol. The first-order valence-corrected chi connectivity index (χ1v) is 7.04. The Hall–Kier alpha value is -2.76. The first-order valence-electron chi connectivity index (χ1n) is 7.04. The molecule has 2 aromatic rings. The van der Waals surface area contributed by atoms with Crippen molar-refractivity contribution in [3.05, 3.63) is 65.2 Å². The van der Waals surface area contributed by atoms with Gasteiger partial charge in [-0.15, -0.1) is 0 Å². The van der Waals surface area contributed by atoms with E-state index < -0.39 is 35.8 Å². The molecule has 0 saturated heterocycles. The summed E-state index contributed by atoms with van der Waals surface area (Å²) in [5, 5.41) is 9.28. The van der Waals surface area contributed by atoms with Crippen LogP contribution < -0.4 is 4.90 Å². The van der Waals surface area contributed by atoms with E-state index in [1.54, 1.807) is 24.3 Å². The Balaban J connectivity index is 1.91. The lowest BCUT2D eigenvalue weighted by molar-refractivity contribution is -0.138. The third-order valence-electron chi connectivity index (χ3n) is 3.96. The minimum Gasteiger partial charge on any atom is -0.481 e. The van der Waals surface area contributed by atoms with E-state index in [0.717, 1.165) is 12.1 Å². The molecule has 0 bridgehead atoms. The molecule has 0 spiro atoms. The maximum absolute atomic E-state index is 13.7. The molecule has 1 aliphatic heterocycles. The molecule has 0 unspecified atom stereocenters. The molecular weight excluding hydrogens is 304 g/mol. The molecule has 6 heteroatoms. The average molecular weight is 317 g/mol. The van der Waals surface area contributed by atoms with Crippen molar-refractivity contribution in [2.24, 2.45) is 0 Å². The highest BCUT2D eigenvalue weighted by molar-refractivity contribution is 5.99. The average Bonchev–Trinajstić information content (AvgIpc) is 2.91. The van der Waals surface area contributed by atoms with Gasteiger partial charge in [0.1, 0.15) is 17.6 Å². The van der Waals surface area contributed by atoms with E-state index in [0.29, 0.717) is 11.3 Å². The smallest absolute Gasteiger partial charge is 0.312 e. The van der Waals surface area contributed by atoms with Crippen LogP contribution in [-0.2, 0) is 16.0 Å². The number of nitrogens with zero attached hydrogens (tertiary/aromatic N) is 1. The van der Waals surface area contributed by atoms with Gasteiger partial charge in [-0.05, 0) is 23.8 Å². The maximum Gasteiger partial charge on any atom is 0.312 e. The molecule has 23 heavy (non-hydrogen) atoms. The van der Waals surface area contributed by atoms with Crippen molar-refractivity contribution in [2.75, 3.05) is 11.4 Å². The summed E-state index contributed by atoms with van der Waals surface area (Å²) in [6, 6.07) is 10.1. The summed E-state index contributed by atoms with van der Waals surface area (Å²) < 4.78 is 27.4. The molecular formula is C17H13F2NO3. The summed E-state index contributed by atoms with van der Waals surface area (Å²) in [4.78, 5) is 25.1. The summed E-state index contributed by atoms with van der Waals surface area (Å²) >= 11 is 0. The van der Waals surface area contributed by atoms with Crippen LogP contribution in [0.5, 0.6) is 0 Å². The summed E-state index contributed by atoms with van der Waals surface area (Å²) in [7, 11) is 0. The minimum atomic E-state index is -1.04. The van der Waals surface area contributed by atoms with Gasteiger partial charge in [0.2, 0.25) is 5.91 Å². The Morgan fingerprint density at radius 1 is 1.09 bits per heavy atom. The number of carbonyl (C=O) groups excluding carboxylic acids is 1. The van der Waals surface area contributed by atoms with Crippen LogP contribution in [0, 0.1) is 11.6 Å². The second-order valence-corrected chi connectivity index (χ2v) is 5.33. The van der Waals surface area contributed by atoms with Crippen molar-refractivity contribution in [2.45, 2.75) is 12.3 Å². The fourth-order valence-corrected chi connectivity index (χ4v) is 2.80. The molecule has 118 valence electrons. The number of rotatable bonds is 3. The van der Waals surface area contributed by atoms with Crippen molar-refractivity contribution >= 4 is 17.6 Å². The van der Waals surface area contributed by atoms with E-state index in [2.05, 4.69) is 0 Å². The highest BCUT2D eigenvalue weighted by atomic mass is 19.1. The van der Waals surface area contributed by atoms with Crippen LogP contribution in [0.25, 0.3) is 0 Å². The number of fused-ring (bicyclic) bond motifs is 1. The topological polar surface area (TPSA) is 57.6 Å². The molecule has 1 amide bonds. The van der Waals surface area contributed by atoms with Crippen molar-refractivity contribution in [1.82, 2.24) is 0 Å².